The van der Waals surface area contributed by atoms with Crippen LogP contribution >= 0.6 is 27.3 Å². The molecule has 0 amide bonds. The summed E-state index contributed by atoms with van der Waals surface area (Å²) < 4.78 is 1.01. The van der Waals surface area contributed by atoms with Gasteiger partial charge in [0.05, 0.1) is 0 Å². The summed E-state index contributed by atoms with van der Waals surface area (Å²) in [4.78, 5) is 11.4. The van der Waals surface area contributed by atoms with Gasteiger partial charge < -0.3 is 10.8 Å². The minimum Gasteiger partial charge on any atom is -0.481 e. The molecule has 0 spiro atoms. The first-order chi connectivity index (χ1) is 6.52. The van der Waals surface area contributed by atoms with Crippen LogP contribution in [0.15, 0.2) is 9.85 Å². The van der Waals surface area contributed by atoms with Crippen molar-refractivity contribution in [3.05, 3.63) is 20.3 Å². The van der Waals surface area contributed by atoms with Crippen molar-refractivity contribution in [3.8, 4) is 0 Å². The van der Waals surface area contributed by atoms with Gasteiger partial charge in [0.25, 0.3) is 0 Å². The predicted octanol–water partition coefficient (Wildman–Crippen LogP) is 2.68. The molecule has 1 unspecified atom stereocenters. The number of aryl methyl sites for hydroxylation is 1. The van der Waals surface area contributed by atoms with E-state index in [1.54, 1.807) is 11.3 Å². The lowest BCUT2D eigenvalue weighted by atomic mass is 10.1. The highest BCUT2D eigenvalue weighted by Gasteiger charge is 2.14. The molecule has 3 N–H and O–H groups in total. The Hall–Kier alpha value is -0.390. The van der Waals surface area contributed by atoms with Gasteiger partial charge in [0.15, 0.2) is 0 Å². The third-order valence-corrected chi connectivity index (χ3v) is 4.48. The van der Waals surface area contributed by atoms with E-state index in [4.69, 9.17) is 10.8 Å². The maximum atomic E-state index is 10.4. The van der Waals surface area contributed by atoms with Gasteiger partial charge in [-0.3, -0.25) is 4.79 Å². The molecule has 0 radical (unpaired) electrons. The van der Waals surface area contributed by atoms with E-state index in [2.05, 4.69) is 15.9 Å². The van der Waals surface area contributed by atoms with Gasteiger partial charge in [-0.1, -0.05) is 0 Å². The lowest BCUT2D eigenvalue weighted by Gasteiger charge is -2.08. The minimum absolute atomic E-state index is 0.116. The quantitative estimate of drug-likeness (QED) is 0.890. The van der Waals surface area contributed by atoms with Gasteiger partial charge in [-0.2, -0.15) is 0 Å². The zero-order valence-electron chi connectivity index (χ0n) is 7.79. The van der Waals surface area contributed by atoms with Crippen LogP contribution < -0.4 is 5.73 Å². The normalized spacial score (nSPS) is 12.8. The first-order valence-electron chi connectivity index (χ1n) is 4.23. The summed E-state index contributed by atoms with van der Waals surface area (Å²) in [5.74, 6) is -0.801. The highest BCUT2D eigenvalue weighted by atomic mass is 79.9. The summed E-state index contributed by atoms with van der Waals surface area (Å²) in [6, 6.07) is -0.181. The average molecular weight is 278 g/mol. The zero-order chi connectivity index (χ0) is 10.7. The number of carboxylic acids is 1. The Bertz CT molecular complexity index is 338. The van der Waals surface area contributed by atoms with Gasteiger partial charge >= 0.3 is 5.97 Å². The molecule has 1 aromatic heterocycles. The highest BCUT2D eigenvalue weighted by Crippen LogP contribution is 2.33. The second-order valence-corrected chi connectivity index (χ2v) is 4.84. The number of halogens is 1. The third kappa shape index (κ3) is 2.80. The number of nitrogens with two attached hydrogens (primary N) is 1. The van der Waals surface area contributed by atoms with Crippen LogP contribution in [0.5, 0.6) is 0 Å². The molecular formula is C9H12BrNO2S. The maximum absolute atomic E-state index is 10.4. The van der Waals surface area contributed by atoms with Gasteiger partial charge in [-0.15, -0.1) is 11.3 Å². The van der Waals surface area contributed by atoms with Gasteiger partial charge in [0, 0.05) is 21.8 Å². The molecular weight excluding hydrogens is 266 g/mol. The molecule has 1 heterocycles. The Morgan fingerprint density at radius 1 is 1.79 bits per heavy atom. The zero-order valence-corrected chi connectivity index (χ0v) is 10.2. The summed E-state index contributed by atoms with van der Waals surface area (Å²) in [5.41, 5.74) is 7.02. The number of rotatable bonds is 4. The molecule has 0 saturated heterocycles. The molecule has 78 valence electrons. The van der Waals surface area contributed by atoms with Crippen LogP contribution in [0.3, 0.4) is 0 Å². The van der Waals surface area contributed by atoms with Crippen LogP contribution in [0.25, 0.3) is 0 Å². The highest BCUT2D eigenvalue weighted by molar-refractivity contribution is 9.10. The van der Waals surface area contributed by atoms with Crippen LogP contribution in [0.1, 0.15) is 29.3 Å². The third-order valence-electron chi connectivity index (χ3n) is 1.93. The number of aliphatic carboxylic acids is 1. The van der Waals surface area contributed by atoms with Crippen molar-refractivity contribution in [3.63, 3.8) is 0 Å². The standard InChI is InChI=1S/C9H12BrNO2S/c1-5-4-14-9(8(5)10)6(11)2-3-7(12)13/h4,6H,2-3,11H2,1H3,(H,12,13). The predicted molar refractivity (Wildman–Crippen MR) is 60.6 cm³/mol. The largest absolute Gasteiger partial charge is 0.481 e. The molecule has 0 fully saturated rings. The number of carbonyl (C=O) groups is 1. The van der Waals surface area contributed by atoms with Gasteiger partial charge in [0.2, 0.25) is 0 Å². The summed E-state index contributed by atoms with van der Waals surface area (Å²) in [6.45, 7) is 1.99. The smallest absolute Gasteiger partial charge is 0.303 e. The van der Waals surface area contributed by atoms with E-state index >= 15 is 0 Å². The Balaban J connectivity index is 2.65. The molecule has 1 rings (SSSR count). The lowest BCUT2D eigenvalue weighted by molar-refractivity contribution is -0.137. The fourth-order valence-corrected chi connectivity index (χ4v) is 2.93. The maximum Gasteiger partial charge on any atom is 0.303 e. The summed E-state index contributed by atoms with van der Waals surface area (Å²) >= 11 is 5.01. The Morgan fingerprint density at radius 2 is 2.43 bits per heavy atom. The molecule has 0 saturated carbocycles. The molecule has 1 atom stereocenters. The van der Waals surface area contributed by atoms with Crippen molar-refractivity contribution in [2.24, 2.45) is 5.73 Å². The van der Waals surface area contributed by atoms with Crippen molar-refractivity contribution in [2.45, 2.75) is 25.8 Å². The Labute approximate surface area is 95.1 Å². The van der Waals surface area contributed by atoms with E-state index in [1.165, 1.54) is 0 Å². The number of hydrogen-bond donors (Lipinski definition) is 2. The van der Waals surface area contributed by atoms with E-state index in [9.17, 15) is 4.79 Å². The molecule has 1 aromatic rings. The average Bonchev–Trinajstić information content (AvgIpc) is 2.44. The van der Waals surface area contributed by atoms with Gasteiger partial charge in [0.1, 0.15) is 0 Å². The lowest BCUT2D eigenvalue weighted by Crippen LogP contribution is -2.11. The number of carboxylic acid groups (broad SMARTS) is 1. The number of thiophene rings is 1. The molecule has 0 aromatic carbocycles. The van der Waals surface area contributed by atoms with E-state index in [-0.39, 0.29) is 12.5 Å². The van der Waals surface area contributed by atoms with Crippen molar-refractivity contribution >= 4 is 33.2 Å². The topological polar surface area (TPSA) is 63.3 Å². The van der Waals surface area contributed by atoms with Crippen molar-refractivity contribution in [1.29, 1.82) is 0 Å². The van der Waals surface area contributed by atoms with Crippen LogP contribution in [0.2, 0.25) is 0 Å². The van der Waals surface area contributed by atoms with Crippen LogP contribution in [-0.4, -0.2) is 11.1 Å². The Kier molecular flexibility index (Phi) is 4.10. The molecule has 5 heteroatoms. The first kappa shape index (κ1) is 11.7. The van der Waals surface area contributed by atoms with Crippen molar-refractivity contribution in [2.75, 3.05) is 0 Å². The van der Waals surface area contributed by atoms with E-state index < -0.39 is 5.97 Å². The molecule has 0 aliphatic carbocycles. The molecule has 14 heavy (non-hydrogen) atoms. The van der Waals surface area contributed by atoms with E-state index in [0.29, 0.717) is 6.42 Å². The van der Waals surface area contributed by atoms with E-state index in [0.717, 1.165) is 14.9 Å². The first-order valence-corrected chi connectivity index (χ1v) is 5.90. The summed E-state index contributed by atoms with van der Waals surface area (Å²) in [5, 5.41) is 10.5. The number of hydrogen-bond acceptors (Lipinski definition) is 3. The van der Waals surface area contributed by atoms with Crippen LogP contribution in [0, 0.1) is 6.92 Å². The molecule has 0 bridgehead atoms. The van der Waals surface area contributed by atoms with Crippen molar-refractivity contribution in [1.82, 2.24) is 0 Å². The van der Waals surface area contributed by atoms with Gasteiger partial charge in [-0.25, -0.2) is 0 Å². The fourth-order valence-electron chi connectivity index (χ4n) is 1.11. The SMILES string of the molecule is Cc1csc(C(N)CCC(=O)O)c1Br. The van der Waals surface area contributed by atoms with Crippen molar-refractivity contribution < 1.29 is 9.90 Å². The molecule has 0 aliphatic heterocycles. The molecule has 3 nitrogen and oxygen atoms in total. The van der Waals surface area contributed by atoms with Gasteiger partial charge in [-0.05, 0) is 40.2 Å². The minimum atomic E-state index is -0.801. The summed E-state index contributed by atoms with van der Waals surface area (Å²) in [7, 11) is 0. The second-order valence-electron chi connectivity index (χ2n) is 3.14. The van der Waals surface area contributed by atoms with E-state index in [1.807, 2.05) is 12.3 Å². The fraction of sp³-hybridized carbons (Fsp3) is 0.444. The van der Waals surface area contributed by atoms with Crippen LogP contribution in [0.4, 0.5) is 0 Å². The van der Waals surface area contributed by atoms with Crippen LogP contribution in [-0.2, 0) is 4.79 Å². The second kappa shape index (κ2) is 4.91. The monoisotopic (exact) mass is 277 g/mol. The molecule has 0 aliphatic rings. The Morgan fingerprint density at radius 3 is 2.86 bits per heavy atom. The summed E-state index contributed by atoms with van der Waals surface area (Å²) in [6.07, 6.45) is 0.596.